The Balaban J connectivity index is 1.94. The highest BCUT2D eigenvalue weighted by atomic mass is 16.5. The van der Waals surface area contributed by atoms with E-state index in [-0.39, 0.29) is 22.5 Å². The molecule has 214 valence electrons. The Bertz CT molecular complexity index is 1360. The van der Waals surface area contributed by atoms with Gasteiger partial charge in [-0.2, -0.15) is 0 Å². The highest BCUT2D eigenvalue weighted by molar-refractivity contribution is 6.13. The van der Waals surface area contributed by atoms with E-state index in [2.05, 4.69) is 0 Å². The topological polar surface area (TPSA) is 107 Å². The standard InChI is InChI=1S/C32H32O9/c1-19(33)22-16-23(25(34)10-8-20-12-27(36-2)31(40-6)28(13-20)37-3)18-24(17-22)26(35)11-9-21-14-29(38-4)32(41-7)30(15-21)39-5/h8-18H,1-7H3/b10-8+,11-9+. The van der Waals surface area contributed by atoms with Gasteiger partial charge in [-0.15, -0.1) is 0 Å². The van der Waals surface area contributed by atoms with Gasteiger partial charge < -0.3 is 28.4 Å². The molecule has 9 nitrogen and oxygen atoms in total. The second kappa shape index (κ2) is 13.8. The van der Waals surface area contributed by atoms with E-state index < -0.39 is 11.6 Å². The number of allylic oxidation sites excluding steroid dienone is 2. The first kappa shape index (κ1) is 30.5. The molecule has 0 amide bonds. The minimum atomic E-state index is -0.399. The predicted molar refractivity (Wildman–Crippen MR) is 155 cm³/mol. The van der Waals surface area contributed by atoms with Crippen LogP contribution in [0.15, 0.2) is 54.6 Å². The van der Waals surface area contributed by atoms with Crippen molar-refractivity contribution < 1.29 is 42.8 Å². The normalized spacial score (nSPS) is 10.9. The summed E-state index contributed by atoms with van der Waals surface area (Å²) < 4.78 is 32.1. The van der Waals surface area contributed by atoms with Crippen LogP contribution in [0.4, 0.5) is 0 Å². The summed E-state index contributed by atoms with van der Waals surface area (Å²) >= 11 is 0. The Morgan fingerprint density at radius 3 is 1.07 bits per heavy atom. The van der Waals surface area contributed by atoms with Crippen molar-refractivity contribution in [2.75, 3.05) is 42.7 Å². The van der Waals surface area contributed by atoms with Crippen molar-refractivity contribution in [2.45, 2.75) is 6.92 Å². The quantitative estimate of drug-likeness (QED) is 0.191. The zero-order valence-electron chi connectivity index (χ0n) is 24.0. The Morgan fingerprint density at radius 2 is 0.805 bits per heavy atom. The van der Waals surface area contributed by atoms with E-state index in [0.717, 1.165) is 0 Å². The number of carbonyl (C=O) groups excluding carboxylic acids is 3. The van der Waals surface area contributed by atoms with Crippen LogP contribution in [0.3, 0.4) is 0 Å². The van der Waals surface area contributed by atoms with E-state index in [1.807, 2.05) is 0 Å². The van der Waals surface area contributed by atoms with Crippen molar-refractivity contribution in [1.82, 2.24) is 0 Å². The molecule has 0 aromatic heterocycles. The maximum atomic E-state index is 13.1. The lowest BCUT2D eigenvalue weighted by atomic mass is 9.97. The Hall–Kier alpha value is -5.05. The third-order valence-electron chi connectivity index (χ3n) is 6.14. The Labute approximate surface area is 238 Å². The molecule has 9 heteroatoms. The molecule has 0 aliphatic carbocycles. The van der Waals surface area contributed by atoms with E-state index in [1.54, 1.807) is 36.4 Å². The van der Waals surface area contributed by atoms with Gasteiger partial charge >= 0.3 is 0 Å². The molecule has 3 aromatic carbocycles. The van der Waals surface area contributed by atoms with Crippen LogP contribution in [0.25, 0.3) is 12.2 Å². The molecule has 0 saturated heterocycles. The molecule has 3 aromatic rings. The van der Waals surface area contributed by atoms with Gasteiger partial charge in [-0.05, 0) is 72.7 Å². The monoisotopic (exact) mass is 560 g/mol. The lowest BCUT2D eigenvalue weighted by Crippen LogP contribution is -2.05. The smallest absolute Gasteiger partial charge is 0.203 e. The van der Waals surface area contributed by atoms with E-state index >= 15 is 0 Å². The van der Waals surface area contributed by atoms with Crippen molar-refractivity contribution >= 4 is 29.5 Å². The Kier molecular flexibility index (Phi) is 10.3. The first-order chi connectivity index (χ1) is 19.7. The van der Waals surface area contributed by atoms with Crippen molar-refractivity contribution in [1.29, 1.82) is 0 Å². The molecule has 0 aliphatic rings. The van der Waals surface area contributed by atoms with Crippen LogP contribution in [0.1, 0.15) is 49.1 Å². The van der Waals surface area contributed by atoms with Gasteiger partial charge in [0, 0.05) is 16.7 Å². The van der Waals surface area contributed by atoms with Crippen molar-refractivity contribution in [3.8, 4) is 34.5 Å². The summed E-state index contributed by atoms with van der Waals surface area (Å²) in [6, 6.07) is 11.2. The number of benzene rings is 3. The van der Waals surface area contributed by atoms with Crippen LogP contribution in [-0.2, 0) is 0 Å². The second-order valence-electron chi connectivity index (χ2n) is 8.67. The van der Waals surface area contributed by atoms with Gasteiger partial charge in [-0.1, -0.05) is 12.2 Å². The average Bonchev–Trinajstić information content (AvgIpc) is 3.00. The van der Waals surface area contributed by atoms with Crippen LogP contribution in [-0.4, -0.2) is 60.0 Å². The SMILES string of the molecule is COc1cc(/C=C/C(=O)c2cc(C(C)=O)cc(C(=O)/C=C/c3cc(OC)c(OC)c(OC)c3)c2)cc(OC)c1OC. The van der Waals surface area contributed by atoms with Crippen molar-refractivity contribution in [3.05, 3.63) is 82.4 Å². The summed E-state index contributed by atoms with van der Waals surface area (Å²) in [5.41, 5.74) is 1.86. The fraction of sp³-hybridized carbons (Fsp3) is 0.219. The zero-order chi connectivity index (χ0) is 30.1. The van der Waals surface area contributed by atoms with E-state index in [4.69, 9.17) is 28.4 Å². The van der Waals surface area contributed by atoms with E-state index in [9.17, 15) is 14.4 Å². The largest absolute Gasteiger partial charge is 0.493 e. The molecule has 0 bridgehead atoms. The number of rotatable bonds is 13. The molecule has 0 fully saturated rings. The molecule has 0 N–H and O–H groups in total. The van der Waals surface area contributed by atoms with Gasteiger partial charge in [0.15, 0.2) is 40.3 Å². The number of hydrogen-bond donors (Lipinski definition) is 0. The molecule has 0 heterocycles. The van der Waals surface area contributed by atoms with Gasteiger partial charge in [-0.25, -0.2) is 0 Å². The first-order valence-corrected chi connectivity index (χ1v) is 12.4. The maximum absolute atomic E-state index is 13.1. The van der Waals surface area contributed by atoms with Gasteiger partial charge in [0.25, 0.3) is 0 Å². The Morgan fingerprint density at radius 1 is 0.488 bits per heavy atom. The van der Waals surface area contributed by atoms with Gasteiger partial charge in [0.2, 0.25) is 11.5 Å². The van der Waals surface area contributed by atoms with Gasteiger partial charge in [-0.3, -0.25) is 14.4 Å². The number of Topliss-reactive ketones (excluding diaryl/α,β-unsaturated/α-hetero) is 1. The highest BCUT2D eigenvalue weighted by Crippen LogP contribution is 2.39. The number of ether oxygens (including phenoxy) is 6. The molecule has 0 radical (unpaired) electrons. The van der Waals surface area contributed by atoms with E-state index in [0.29, 0.717) is 45.6 Å². The summed E-state index contributed by atoms with van der Waals surface area (Å²) in [5, 5.41) is 0. The van der Waals surface area contributed by atoms with Crippen molar-refractivity contribution in [3.63, 3.8) is 0 Å². The molecule has 0 saturated carbocycles. The third kappa shape index (κ3) is 7.13. The zero-order valence-corrected chi connectivity index (χ0v) is 24.0. The molecule has 0 unspecified atom stereocenters. The highest BCUT2D eigenvalue weighted by Gasteiger charge is 2.16. The number of ketones is 3. The summed E-state index contributed by atoms with van der Waals surface area (Å²) in [6.45, 7) is 1.37. The van der Waals surface area contributed by atoms with Gasteiger partial charge in [0.05, 0.1) is 42.7 Å². The molecule has 0 spiro atoms. The maximum Gasteiger partial charge on any atom is 0.203 e. The summed E-state index contributed by atoms with van der Waals surface area (Å²) in [7, 11) is 8.99. The minimum Gasteiger partial charge on any atom is -0.493 e. The summed E-state index contributed by atoms with van der Waals surface area (Å²) in [6.07, 6.45) is 5.86. The predicted octanol–water partition coefficient (Wildman–Crippen LogP) is 5.73. The van der Waals surface area contributed by atoms with Gasteiger partial charge in [0.1, 0.15) is 0 Å². The van der Waals surface area contributed by atoms with Crippen LogP contribution >= 0.6 is 0 Å². The summed E-state index contributed by atoms with van der Waals surface area (Å²) in [4.78, 5) is 38.5. The van der Waals surface area contributed by atoms with Crippen LogP contribution < -0.4 is 28.4 Å². The number of hydrogen-bond acceptors (Lipinski definition) is 9. The molecule has 3 rings (SSSR count). The fourth-order valence-corrected chi connectivity index (χ4v) is 4.05. The van der Waals surface area contributed by atoms with Crippen LogP contribution in [0.5, 0.6) is 34.5 Å². The first-order valence-electron chi connectivity index (χ1n) is 12.4. The molecule has 41 heavy (non-hydrogen) atoms. The average molecular weight is 561 g/mol. The number of methoxy groups -OCH3 is 6. The summed E-state index contributed by atoms with van der Waals surface area (Å²) in [5.74, 6) is 1.51. The molecular weight excluding hydrogens is 528 g/mol. The third-order valence-corrected chi connectivity index (χ3v) is 6.14. The van der Waals surface area contributed by atoms with Crippen LogP contribution in [0.2, 0.25) is 0 Å². The number of carbonyl (C=O) groups is 3. The van der Waals surface area contributed by atoms with E-state index in [1.165, 1.54) is 79.9 Å². The lowest BCUT2D eigenvalue weighted by Gasteiger charge is -2.12. The fourth-order valence-electron chi connectivity index (χ4n) is 4.05. The van der Waals surface area contributed by atoms with Crippen LogP contribution in [0, 0.1) is 0 Å². The molecule has 0 aliphatic heterocycles. The molecular formula is C32H32O9. The second-order valence-corrected chi connectivity index (χ2v) is 8.67. The molecule has 0 atom stereocenters. The van der Waals surface area contributed by atoms with Crippen molar-refractivity contribution in [2.24, 2.45) is 0 Å². The lowest BCUT2D eigenvalue weighted by molar-refractivity contribution is 0.101. The minimum absolute atomic E-state index is 0.186.